The smallest absolute Gasteiger partial charge is 0.0950 e. The summed E-state index contributed by atoms with van der Waals surface area (Å²) in [5, 5.41) is 13.5. The van der Waals surface area contributed by atoms with Crippen molar-refractivity contribution in [2.45, 2.75) is 31.3 Å². The fourth-order valence-electron chi connectivity index (χ4n) is 3.81. The zero-order chi connectivity index (χ0) is 12.8. The van der Waals surface area contributed by atoms with Gasteiger partial charge in [-0.15, -0.1) is 11.3 Å². The average Bonchev–Trinajstić information content (AvgIpc) is 2.98. The summed E-state index contributed by atoms with van der Waals surface area (Å²) in [7, 11) is 0. The Balaban J connectivity index is 1.54. The van der Waals surface area contributed by atoms with Crippen LogP contribution < -0.4 is 0 Å². The number of benzene rings is 1. The van der Waals surface area contributed by atoms with E-state index in [0.717, 1.165) is 11.4 Å². The van der Waals surface area contributed by atoms with Crippen LogP contribution in [0.25, 0.3) is 0 Å². The highest BCUT2D eigenvalue weighted by molar-refractivity contribution is 7.09. The van der Waals surface area contributed by atoms with Crippen molar-refractivity contribution in [1.82, 2.24) is 4.98 Å². The number of fused-ring (bicyclic) bond motifs is 3. The first-order valence-electron chi connectivity index (χ1n) is 6.99. The molecule has 2 aliphatic rings. The van der Waals surface area contributed by atoms with Gasteiger partial charge in [-0.3, -0.25) is 0 Å². The Kier molecular flexibility index (Phi) is 2.71. The summed E-state index contributed by atoms with van der Waals surface area (Å²) in [5.74, 6) is 1.75. The van der Waals surface area contributed by atoms with E-state index in [2.05, 4.69) is 29.2 Å². The minimum atomic E-state index is -0.229. The number of hydrogen-bond acceptors (Lipinski definition) is 3. The third kappa shape index (κ3) is 1.92. The van der Waals surface area contributed by atoms with E-state index < -0.39 is 0 Å². The summed E-state index contributed by atoms with van der Waals surface area (Å²) >= 11 is 1.64. The summed E-state index contributed by atoms with van der Waals surface area (Å²) in [4.78, 5) is 4.29. The zero-order valence-electron chi connectivity index (χ0n) is 10.7. The molecule has 0 radical (unpaired) electrons. The van der Waals surface area contributed by atoms with Gasteiger partial charge in [0.2, 0.25) is 0 Å². The Bertz CT molecular complexity index is 580. The maximum Gasteiger partial charge on any atom is 0.0950 e. The molecule has 98 valence electrons. The van der Waals surface area contributed by atoms with E-state index in [1.54, 1.807) is 11.3 Å². The fraction of sp³-hybridized carbons (Fsp3) is 0.438. The van der Waals surface area contributed by atoms with Gasteiger partial charge in [0.15, 0.2) is 0 Å². The Morgan fingerprint density at radius 1 is 1.37 bits per heavy atom. The first kappa shape index (κ1) is 11.6. The van der Waals surface area contributed by atoms with Gasteiger partial charge in [-0.25, -0.2) is 4.98 Å². The molecule has 2 nitrogen and oxygen atoms in total. The molecule has 0 aliphatic heterocycles. The van der Waals surface area contributed by atoms with Crippen molar-refractivity contribution in [2.75, 3.05) is 0 Å². The molecule has 1 fully saturated rings. The van der Waals surface area contributed by atoms with Gasteiger partial charge in [0.1, 0.15) is 0 Å². The lowest BCUT2D eigenvalue weighted by Crippen LogP contribution is -2.14. The van der Waals surface area contributed by atoms with E-state index in [-0.39, 0.29) is 6.10 Å². The van der Waals surface area contributed by atoms with Crippen LogP contribution in [0.2, 0.25) is 0 Å². The average molecular weight is 271 g/mol. The van der Waals surface area contributed by atoms with Gasteiger partial charge in [-0.05, 0) is 41.7 Å². The van der Waals surface area contributed by atoms with Gasteiger partial charge < -0.3 is 5.11 Å². The van der Waals surface area contributed by atoms with E-state index in [9.17, 15) is 5.11 Å². The molecule has 19 heavy (non-hydrogen) atoms. The normalized spacial score (nSPS) is 29.4. The van der Waals surface area contributed by atoms with Crippen LogP contribution in [0.3, 0.4) is 0 Å². The highest BCUT2D eigenvalue weighted by atomic mass is 32.1. The van der Waals surface area contributed by atoms with Gasteiger partial charge >= 0.3 is 0 Å². The lowest BCUT2D eigenvalue weighted by Gasteiger charge is -2.13. The highest BCUT2D eigenvalue weighted by Crippen LogP contribution is 2.61. The molecule has 1 N–H and O–H groups in total. The highest BCUT2D eigenvalue weighted by Gasteiger charge is 2.55. The Labute approximate surface area is 117 Å². The Morgan fingerprint density at radius 2 is 2.26 bits per heavy atom. The predicted octanol–water partition coefficient (Wildman–Crippen LogP) is 3.02. The minimum Gasteiger partial charge on any atom is -0.392 e. The van der Waals surface area contributed by atoms with Crippen molar-refractivity contribution in [1.29, 1.82) is 0 Å². The molecule has 2 aromatic rings. The summed E-state index contributed by atoms with van der Waals surface area (Å²) < 4.78 is 0. The van der Waals surface area contributed by atoms with Crippen molar-refractivity contribution in [3.05, 3.63) is 52.0 Å². The van der Waals surface area contributed by atoms with Gasteiger partial charge in [0.05, 0.1) is 11.1 Å². The van der Waals surface area contributed by atoms with Crippen LogP contribution in [-0.2, 0) is 12.8 Å². The molecule has 1 heterocycles. The fourth-order valence-corrected chi connectivity index (χ4v) is 4.48. The molecule has 0 amide bonds. The molecule has 1 aromatic heterocycles. The number of nitrogens with zero attached hydrogens (tertiary/aromatic N) is 1. The second-order valence-corrected chi connectivity index (χ2v) is 6.68. The molecular formula is C16H17NOS. The summed E-state index contributed by atoms with van der Waals surface area (Å²) in [6.45, 7) is 0. The second-order valence-electron chi connectivity index (χ2n) is 5.70. The van der Waals surface area contributed by atoms with Gasteiger partial charge in [-0.1, -0.05) is 24.3 Å². The lowest BCUT2D eigenvalue weighted by molar-refractivity contribution is 0.143. The number of aryl methyl sites for hydroxylation is 1. The van der Waals surface area contributed by atoms with Crippen LogP contribution >= 0.6 is 11.3 Å². The van der Waals surface area contributed by atoms with Gasteiger partial charge in [-0.2, -0.15) is 0 Å². The van der Waals surface area contributed by atoms with Crippen LogP contribution in [0.1, 0.15) is 28.5 Å². The van der Waals surface area contributed by atoms with E-state index in [0.29, 0.717) is 17.8 Å². The Hall–Kier alpha value is -1.19. The SMILES string of the molecule is OC(Cc1nccs1)C1C2CCc3ccccc3C21. The summed E-state index contributed by atoms with van der Waals surface area (Å²) in [6.07, 6.45) is 4.73. The maximum atomic E-state index is 10.5. The maximum absolute atomic E-state index is 10.5. The van der Waals surface area contributed by atoms with Crippen molar-refractivity contribution in [3.8, 4) is 0 Å². The molecule has 0 saturated heterocycles. The number of hydrogen-bond donors (Lipinski definition) is 1. The molecule has 0 spiro atoms. The molecule has 1 saturated carbocycles. The monoisotopic (exact) mass is 271 g/mol. The van der Waals surface area contributed by atoms with Crippen LogP contribution in [0, 0.1) is 11.8 Å². The first-order chi connectivity index (χ1) is 9.34. The molecule has 4 rings (SSSR count). The molecule has 4 unspecified atom stereocenters. The molecule has 2 aliphatic carbocycles. The van der Waals surface area contributed by atoms with Gasteiger partial charge in [0, 0.05) is 18.0 Å². The first-order valence-corrected chi connectivity index (χ1v) is 7.87. The van der Waals surface area contributed by atoms with Crippen molar-refractivity contribution >= 4 is 11.3 Å². The molecular weight excluding hydrogens is 254 g/mol. The van der Waals surface area contributed by atoms with E-state index >= 15 is 0 Å². The van der Waals surface area contributed by atoms with Crippen molar-refractivity contribution < 1.29 is 5.11 Å². The van der Waals surface area contributed by atoms with Crippen molar-refractivity contribution in [3.63, 3.8) is 0 Å². The number of aromatic nitrogens is 1. The Morgan fingerprint density at radius 3 is 3.11 bits per heavy atom. The lowest BCUT2D eigenvalue weighted by atomic mass is 9.92. The zero-order valence-corrected chi connectivity index (χ0v) is 11.5. The third-order valence-corrected chi connectivity index (χ3v) is 5.50. The number of rotatable bonds is 3. The van der Waals surface area contributed by atoms with Crippen LogP contribution in [0.15, 0.2) is 35.8 Å². The second kappa shape index (κ2) is 4.43. The van der Waals surface area contributed by atoms with E-state index in [1.807, 2.05) is 11.6 Å². The molecule has 1 aromatic carbocycles. The summed E-state index contributed by atoms with van der Waals surface area (Å²) in [5.41, 5.74) is 2.98. The van der Waals surface area contributed by atoms with E-state index in [1.165, 1.54) is 24.0 Å². The van der Waals surface area contributed by atoms with Gasteiger partial charge in [0.25, 0.3) is 0 Å². The van der Waals surface area contributed by atoms with E-state index in [4.69, 9.17) is 0 Å². The third-order valence-electron chi connectivity index (χ3n) is 4.70. The molecule has 0 bridgehead atoms. The number of aliphatic hydroxyl groups is 1. The van der Waals surface area contributed by atoms with Crippen LogP contribution in [0.4, 0.5) is 0 Å². The molecule has 3 heteroatoms. The van der Waals surface area contributed by atoms with Crippen LogP contribution in [0.5, 0.6) is 0 Å². The largest absolute Gasteiger partial charge is 0.392 e. The number of thiazole rings is 1. The van der Waals surface area contributed by atoms with Crippen LogP contribution in [-0.4, -0.2) is 16.2 Å². The minimum absolute atomic E-state index is 0.229. The predicted molar refractivity (Wildman–Crippen MR) is 76.3 cm³/mol. The summed E-state index contributed by atoms with van der Waals surface area (Å²) in [6, 6.07) is 8.75. The standard InChI is InChI=1S/C16H17NOS/c18-13(9-14-17-7-8-19-14)16-12-6-5-10-3-1-2-4-11(10)15(12)16/h1-4,7-8,12-13,15-16,18H,5-6,9H2. The molecule has 4 atom stereocenters. The number of aliphatic hydroxyl groups excluding tert-OH is 1. The quantitative estimate of drug-likeness (QED) is 0.931. The topological polar surface area (TPSA) is 33.1 Å². The van der Waals surface area contributed by atoms with Crippen molar-refractivity contribution in [2.24, 2.45) is 11.8 Å².